The van der Waals surface area contributed by atoms with Gasteiger partial charge in [0.2, 0.25) is 0 Å². The zero-order valence-corrected chi connectivity index (χ0v) is 17.8. The Morgan fingerprint density at radius 2 is 1.65 bits per heavy atom. The summed E-state index contributed by atoms with van der Waals surface area (Å²) in [7, 11) is -1.75. The Morgan fingerprint density at radius 3 is 2.19 bits per heavy atom. The van der Waals surface area contributed by atoms with Crippen molar-refractivity contribution in [1.29, 1.82) is 0 Å². The lowest BCUT2D eigenvalue weighted by Gasteiger charge is -2.32. The van der Waals surface area contributed by atoms with Gasteiger partial charge in [-0.3, -0.25) is 5.32 Å². The molecule has 0 bridgehead atoms. The largest absolute Gasteiger partial charge is 0.508 e. The third-order valence-corrected chi connectivity index (χ3v) is 10.9. The number of phenols is 1. The first-order valence-corrected chi connectivity index (χ1v) is 12.0. The fraction of sp³-hybridized carbons (Fsp3) is 0.476. The van der Waals surface area contributed by atoms with E-state index in [1.54, 1.807) is 12.1 Å². The lowest BCUT2D eigenvalue weighted by atomic mass is 10.1. The minimum Gasteiger partial charge on any atom is -0.508 e. The monoisotopic (exact) mass is 373 g/mol. The van der Waals surface area contributed by atoms with Gasteiger partial charge in [0, 0.05) is 5.39 Å². The summed E-state index contributed by atoms with van der Waals surface area (Å²) < 4.78 is 5.49. The van der Waals surface area contributed by atoms with E-state index >= 15 is 0 Å². The first-order valence-electron chi connectivity index (χ1n) is 9.42. The highest BCUT2D eigenvalue weighted by Crippen LogP contribution is 2.31. The van der Waals surface area contributed by atoms with Gasteiger partial charge < -0.3 is 9.84 Å². The Hall–Kier alpha value is -2.01. The van der Waals surface area contributed by atoms with Crippen LogP contribution in [0.3, 0.4) is 0 Å². The Balaban J connectivity index is 2.67. The maximum absolute atomic E-state index is 12.5. The minimum atomic E-state index is -1.75. The van der Waals surface area contributed by atoms with E-state index in [9.17, 15) is 9.90 Å². The molecule has 0 spiro atoms. The molecule has 0 aliphatic carbocycles. The van der Waals surface area contributed by atoms with Crippen LogP contribution in [0.5, 0.6) is 5.75 Å². The van der Waals surface area contributed by atoms with Gasteiger partial charge >= 0.3 is 6.09 Å². The lowest BCUT2D eigenvalue weighted by Crippen LogP contribution is -2.47. The van der Waals surface area contributed by atoms with Crippen LogP contribution < -0.4 is 10.5 Å². The molecule has 1 amide bonds. The molecular weight excluding hydrogens is 342 g/mol. The maximum Gasteiger partial charge on any atom is 0.412 e. The van der Waals surface area contributed by atoms with Gasteiger partial charge in [0.25, 0.3) is 0 Å². The number of hydrogen-bond acceptors (Lipinski definition) is 3. The van der Waals surface area contributed by atoms with Gasteiger partial charge in [-0.25, -0.2) is 4.79 Å². The van der Waals surface area contributed by atoms with E-state index < -0.39 is 19.8 Å². The van der Waals surface area contributed by atoms with Gasteiger partial charge in [0.05, 0.1) is 13.8 Å². The Bertz CT molecular complexity index is 783. The number of aromatic hydroxyl groups is 1. The zero-order valence-electron chi connectivity index (χ0n) is 16.8. The Kier molecular flexibility index (Phi) is 6.01. The average Bonchev–Trinajstić information content (AvgIpc) is 2.56. The highest BCUT2D eigenvalue weighted by atomic mass is 28.3. The second-order valence-corrected chi connectivity index (χ2v) is 13.1. The van der Waals surface area contributed by atoms with E-state index in [2.05, 4.69) is 38.2 Å². The second-order valence-electron chi connectivity index (χ2n) is 7.86. The summed E-state index contributed by atoms with van der Waals surface area (Å²) in [4.78, 5) is 12.5. The molecule has 0 radical (unpaired) electrons. The fourth-order valence-electron chi connectivity index (χ4n) is 3.61. The van der Waals surface area contributed by atoms with Crippen LogP contribution in [0.25, 0.3) is 10.8 Å². The van der Waals surface area contributed by atoms with Crippen LogP contribution in [0.2, 0.25) is 18.1 Å². The standard InChI is InChI=1S/C21H31NO3Si/c1-7-26(8-2,9-3)18-13-11-15-10-12-16(23)14-17(15)19(18)22-20(24)25-21(4,5)6/h10-14,23H,7-9H2,1-6H3,(H,22,24). The van der Waals surface area contributed by atoms with Gasteiger partial charge in [-0.05, 0) is 43.5 Å². The molecule has 0 saturated heterocycles. The van der Waals surface area contributed by atoms with E-state index in [0.717, 1.165) is 34.6 Å². The number of ether oxygens (including phenoxy) is 1. The number of rotatable bonds is 5. The Labute approximate surface area is 157 Å². The number of hydrogen-bond donors (Lipinski definition) is 2. The molecule has 2 N–H and O–H groups in total. The summed E-state index contributed by atoms with van der Waals surface area (Å²) in [5, 5.41) is 16.1. The van der Waals surface area contributed by atoms with Gasteiger partial charge in [-0.15, -0.1) is 0 Å². The summed E-state index contributed by atoms with van der Waals surface area (Å²) in [6.07, 6.45) is -0.458. The van der Waals surface area contributed by atoms with Crippen LogP contribution in [-0.2, 0) is 4.74 Å². The molecule has 2 rings (SSSR count). The lowest BCUT2D eigenvalue weighted by molar-refractivity contribution is 0.0636. The summed E-state index contributed by atoms with van der Waals surface area (Å²) in [5.41, 5.74) is 0.232. The number of amides is 1. The van der Waals surface area contributed by atoms with Gasteiger partial charge in [-0.1, -0.05) is 57.1 Å². The van der Waals surface area contributed by atoms with Crippen molar-refractivity contribution in [3.63, 3.8) is 0 Å². The number of carbonyl (C=O) groups is 1. The first kappa shape index (κ1) is 20.3. The molecule has 2 aromatic rings. The number of anilines is 1. The quantitative estimate of drug-likeness (QED) is 0.670. The molecule has 0 heterocycles. The van der Waals surface area contributed by atoms with E-state index in [1.807, 2.05) is 26.8 Å². The number of phenolic OH excluding ortho intramolecular Hbond substituents is 1. The zero-order chi connectivity index (χ0) is 19.5. The molecule has 0 atom stereocenters. The molecule has 26 heavy (non-hydrogen) atoms. The second kappa shape index (κ2) is 7.70. The van der Waals surface area contributed by atoms with E-state index in [-0.39, 0.29) is 5.75 Å². The van der Waals surface area contributed by atoms with E-state index in [0.29, 0.717) is 0 Å². The molecule has 0 fully saturated rings. The van der Waals surface area contributed by atoms with E-state index in [1.165, 1.54) is 5.19 Å². The SMILES string of the molecule is CC[Si](CC)(CC)c1ccc2ccc(O)cc2c1NC(=O)OC(C)(C)C. The van der Waals surface area contributed by atoms with Crippen molar-refractivity contribution in [3.05, 3.63) is 30.3 Å². The number of nitrogens with one attached hydrogen (secondary N) is 1. The van der Waals surface area contributed by atoms with Crippen molar-refractivity contribution in [2.24, 2.45) is 0 Å². The molecule has 0 unspecified atom stereocenters. The van der Waals surface area contributed by atoms with Crippen molar-refractivity contribution in [3.8, 4) is 5.75 Å². The molecule has 0 saturated carbocycles. The smallest absolute Gasteiger partial charge is 0.412 e. The summed E-state index contributed by atoms with van der Waals surface area (Å²) >= 11 is 0. The molecular formula is C21H31NO3Si. The van der Waals surface area contributed by atoms with E-state index in [4.69, 9.17) is 4.74 Å². The third kappa shape index (κ3) is 4.21. The van der Waals surface area contributed by atoms with Gasteiger partial charge in [0.1, 0.15) is 11.4 Å². The maximum atomic E-state index is 12.5. The highest BCUT2D eigenvalue weighted by molar-refractivity contribution is 6.93. The fourth-order valence-corrected chi connectivity index (χ4v) is 7.42. The van der Waals surface area contributed by atoms with Crippen molar-refractivity contribution in [2.75, 3.05) is 5.32 Å². The summed E-state index contributed by atoms with van der Waals surface area (Å²) in [6.45, 7) is 12.3. The predicted octanol–water partition coefficient (Wildman–Crippen LogP) is 5.61. The highest BCUT2D eigenvalue weighted by Gasteiger charge is 2.33. The first-order chi connectivity index (χ1) is 12.2. The molecule has 5 heteroatoms. The van der Waals surface area contributed by atoms with Gasteiger partial charge in [0.15, 0.2) is 0 Å². The van der Waals surface area contributed by atoms with Crippen LogP contribution in [0, 0.1) is 0 Å². The Morgan fingerprint density at radius 1 is 1.08 bits per heavy atom. The number of carbonyl (C=O) groups excluding carboxylic acids is 1. The van der Waals surface area contributed by atoms with Crippen LogP contribution in [0.1, 0.15) is 41.5 Å². The number of benzene rings is 2. The van der Waals surface area contributed by atoms with Crippen LogP contribution in [0.15, 0.2) is 30.3 Å². The molecule has 0 aliphatic heterocycles. The molecule has 0 aromatic heterocycles. The molecule has 4 nitrogen and oxygen atoms in total. The molecule has 142 valence electrons. The van der Waals surface area contributed by atoms with Gasteiger partial charge in [-0.2, -0.15) is 0 Å². The third-order valence-electron chi connectivity index (χ3n) is 5.23. The van der Waals surface area contributed by atoms with Crippen molar-refractivity contribution < 1.29 is 14.6 Å². The summed E-state index contributed by atoms with van der Waals surface area (Å²) in [5.74, 6) is 0.193. The number of fused-ring (bicyclic) bond motifs is 1. The van der Waals surface area contributed by atoms with Crippen molar-refractivity contribution in [1.82, 2.24) is 0 Å². The average molecular weight is 374 g/mol. The van der Waals surface area contributed by atoms with Crippen LogP contribution in [-0.4, -0.2) is 24.9 Å². The molecule has 2 aromatic carbocycles. The topological polar surface area (TPSA) is 58.6 Å². The van der Waals surface area contributed by atoms with Crippen LogP contribution >= 0.6 is 0 Å². The predicted molar refractivity (Wildman–Crippen MR) is 112 cm³/mol. The van der Waals surface area contributed by atoms with Crippen molar-refractivity contribution in [2.45, 2.75) is 65.3 Å². The van der Waals surface area contributed by atoms with Crippen molar-refractivity contribution >= 4 is 35.8 Å². The minimum absolute atomic E-state index is 0.193. The normalized spacial score (nSPS) is 12.2. The molecule has 0 aliphatic rings. The van der Waals surface area contributed by atoms with Crippen LogP contribution in [0.4, 0.5) is 10.5 Å². The summed E-state index contributed by atoms with van der Waals surface area (Å²) in [6, 6.07) is 12.8.